The van der Waals surface area contributed by atoms with E-state index in [0.29, 0.717) is 12.1 Å². The Morgan fingerprint density at radius 1 is 1.12 bits per heavy atom. The molecule has 2 aromatic carbocycles. The average molecular weight is 454 g/mol. The summed E-state index contributed by atoms with van der Waals surface area (Å²) in [4.78, 5) is 34.7. The van der Waals surface area contributed by atoms with Gasteiger partial charge in [-0.3, -0.25) is 25.8 Å². The van der Waals surface area contributed by atoms with E-state index in [9.17, 15) is 32.9 Å². The highest BCUT2D eigenvalue weighted by Crippen LogP contribution is 2.34. The Hall–Kier alpha value is -3.83. The van der Waals surface area contributed by atoms with Gasteiger partial charge in [0, 0.05) is 6.07 Å². The fourth-order valence-electron chi connectivity index (χ4n) is 2.60. The largest absolute Gasteiger partial charge is 0.445 e. The molecular weight excluding hydrogens is 433 g/mol. The highest BCUT2D eigenvalue weighted by atomic mass is 19.4. The van der Waals surface area contributed by atoms with Crippen LogP contribution in [0.3, 0.4) is 0 Å². The summed E-state index contributed by atoms with van der Waals surface area (Å²) in [7, 11) is 0. The van der Waals surface area contributed by atoms with Crippen LogP contribution in [0.4, 0.5) is 29.3 Å². The smallest absolute Gasteiger partial charge is 0.416 e. The second kappa shape index (κ2) is 10.5. The summed E-state index contributed by atoms with van der Waals surface area (Å²) in [5.41, 5.74) is 2.71. The number of nitrogens with one attached hydrogen (secondary N) is 3. The van der Waals surface area contributed by atoms with Crippen molar-refractivity contribution in [1.82, 2.24) is 10.7 Å². The Bertz CT molecular complexity index is 967. The van der Waals surface area contributed by atoms with Gasteiger partial charge in [0.1, 0.15) is 18.3 Å². The lowest BCUT2D eigenvalue weighted by Gasteiger charge is -2.22. The molecule has 172 valence electrons. The molecule has 2 aromatic rings. The van der Waals surface area contributed by atoms with Gasteiger partial charge in [0.15, 0.2) is 0 Å². The third kappa shape index (κ3) is 6.86. The van der Waals surface area contributed by atoms with Gasteiger partial charge in [-0.05, 0) is 23.6 Å². The van der Waals surface area contributed by atoms with Gasteiger partial charge >= 0.3 is 12.3 Å². The van der Waals surface area contributed by atoms with Crippen molar-refractivity contribution in [3.63, 3.8) is 0 Å². The predicted octanol–water partition coefficient (Wildman–Crippen LogP) is 4.01. The molecule has 0 radical (unpaired) electrons. The molecule has 2 rings (SSSR count). The van der Waals surface area contributed by atoms with Gasteiger partial charge in [-0.2, -0.15) is 13.2 Å². The van der Waals surface area contributed by atoms with Crippen LogP contribution in [0.1, 0.15) is 25.0 Å². The second-order valence-electron chi connectivity index (χ2n) is 7.03. The molecule has 9 nitrogen and oxygen atoms in total. The highest BCUT2D eigenvalue weighted by molar-refractivity contribution is 5.87. The number of carbonyl (C=O) groups excluding carboxylic acids is 2. The lowest BCUT2D eigenvalue weighted by Crippen LogP contribution is -2.51. The molecule has 0 aliphatic carbocycles. The summed E-state index contributed by atoms with van der Waals surface area (Å²) in [6, 6.07) is 9.58. The van der Waals surface area contributed by atoms with Gasteiger partial charge in [-0.25, -0.2) is 4.79 Å². The number of carbonyl (C=O) groups is 2. The van der Waals surface area contributed by atoms with Gasteiger partial charge in [-0.1, -0.05) is 44.2 Å². The van der Waals surface area contributed by atoms with E-state index < -0.39 is 46.3 Å². The Labute approximate surface area is 181 Å². The highest BCUT2D eigenvalue weighted by Gasteiger charge is 2.33. The van der Waals surface area contributed by atoms with Crippen molar-refractivity contribution < 1.29 is 32.4 Å². The number of nitrogens with zero attached hydrogens (tertiary/aromatic N) is 1. The number of nitro groups is 1. The molecule has 0 saturated heterocycles. The number of halogens is 3. The molecule has 0 fully saturated rings. The SMILES string of the molecule is CC(C)[C@H](NC(=O)OCc1ccccc1)C(=O)NNc1ccc(C(F)(F)F)cc1[N+](=O)[O-]. The molecule has 12 heteroatoms. The van der Waals surface area contributed by atoms with Gasteiger partial charge in [0.05, 0.1) is 10.5 Å². The summed E-state index contributed by atoms with van der Waals surface area (Å²) in [6.45, 7) is 3.26. The standard InChI is InChI=1S/C20H21F3N4O5/c1-12(2)17(24-19(29)32-11-13-6-4-3-5-7-13)18(28)26-25-15-9-8-14(20(21,22)23)10-16(15)27(30)31/h3-10,12,17,25H,11H2,1-2H3,(H,24,29)(H,26,28)/t17-/m0/s1. The van der Waals surface area contributed by atoms with E-state index >= 15 is 0 Å². The van der Waals surface area contributed by atoms with Crippen LogP contribution in [-0.4, -0.2) is 23.0 Å². The van der Waals surface area contributed by atoms with E-state index in [1.807, 2.05) is 0 Å². The summed E-state index contributed by atoms with van der Waals surface area (Å²) in [5, 5.41) is 13.5. The molecule has 0 heterocycles. The minimum absolute atomic E-state index is 0.0187. The van der Waals surface area contributed by atoms with Crippen molar-refractivity contribution in [3.05, 3.63) is 69.8 Å². The van der Waals surface area contributed by atoms with Gasteiger partial charge in [0.25, 0.3) is 11.6 Å². The summed E-state index contributed by atoms with van der Waals surface area (Å²) in [5.74, 6) is -1.17. The lowest BCUT2D eigenvalue weighted by molar-refractivity contribution is -0.384. The third-order valence-electron chi connectivity index (χ3n) is 4.28. The van der Waals surface area contributed by atoms with E-state index in [1.165, 1.54) is 0 Å². The van der Waals surface area contributed by atoms with E-state index in [1.54, 1.807) is 44.2 Å². The van der Waals surface area contributed by atoms with Crippen LogP contribution < -0.4 is 16.2 Å². The molecule has 3 N–H and O–H groups in total. The molecule has 0 bridgehead atoms. The number of alkyl halides is 3. The topological polar surface area (TPSA) is 123 Å². The molecule has 1 atom stereocenters. The minimum atomic E-state index is -4.76. The summed E-state index contributed by atoms with van der Waals surface area (Å²) >= 11 is 0. The van der Waals surface area contributed by atoms with Crippen molar-refractivity contribution >= 4 is 23.4 Å². The number of amides is 2. The first-order valence-corrected chi connectivity index (χ1v) is 9.37. The van der Waals surface area contributed by atoms with Crippen molar-refractivity contribution in [1.29, 1.82) is 0 Å². The van der Waals surface area contributed by atoms with Crippen molar-refractivity contribution in [2.75, 3.05) is 5.43 Å². The van der Waals surface area contributed by atoms with Gasteiger partial charge in [0.2, 0.25) is 0 Å². The predicted molar refractivity (Wildman–Crippen MR) is 108 cm³/mol. The zero-order chi connectivity index (χ0) is 23.9. The quantitative estimate of drug-likeness (QED) is 0.409. The third-order valence-corrected chi connectivity index (χ3v) is 4.28. The first-order valence-electron chi connectivity index (χ1n) is 9.37. The van der Waals surface area contributed by atoms with E-state index in [4.69, 9.17) is 4.74 Å². The van der Waals surface area contributed by atoms with Gasteiger partial charge < -0.3 is 10.1 Å². The molecular formula is C20H21F3N4O5. The summed E-state index contributed by atoms with van der Waals surface area (Å²) in [6.07, 6.45) is -5.62. The van der Waals surface area contributed by atoms with E-state index in [0.717, 1.165) is 11.6 Å². The fraction of sp³-hybridized carbons (Fsp3) is 0.300. The zero-order valence-corrected chi connectivity index (χ0v) is 17.1. The molecule has 2 amide bonds. The molecule has 0 aliphatic rings. The average Bonchev–Trinajstić information content (AvgIpc) is 2.74. The van der Waals surface area contributed by atoms with Crippen LogP contribution in [0.25, 0.3) is 0 Å². The second-order valence-corrected chi connectivity index (χ2v) is 7.03. The van der Waals surface area contributed by atoms with Crippen molar-refractivity contribution in [3.8, 4) is 0 Å². The Balaban J connectivity index is 2.02. The first kappa shape index (κ1) is 24.4. The number of nitro benzene ring substituents is 1. The first-order chi connectivity index (χ1) is 15.0. The lowest BCUT2D eigenvalue weighted by atomic mass is 10.0. The number of alkyl carbamates (subject to hydrolysis) is 1. The Kier molecular flexibility index (Phi) is 7.99. The van der Waals surface area contributed by atoms with Crippen molar-refractivity contribution in [2.45, 2.75) is 32.7 Å². The number of benzene rings is 2. The van der Waals surface area contributed by atoms with E-state index in [2.05, 4.69) is 16.2 Å². The van der Waals surface area contributed by atoms with Gasteiger partial charge in [-0.15, -0.1) is 0 Å². The van der Waals surface area contributed by atoms with Crippen LogP contribution >= 0.6 is 0 Å². The van der Waals surface area contributed by atoms with Crippen LogP contribution in [-0.2, 0) is 22.3 Å². The molecule has 0 saturated carbocycles. The molecule has 0 spiro atoms. The maximum Gasteiger partial charge on any atom is 0.416 e. The maximum absolute atomic E-state index is 12.8. The molecule has 32 heavy (non-hydrogen) atoms. The Morgan fingerprint density at radius 2 is 1.78 bits per heavy atom. The normalized spacial score (nSPS) is 12.1. The molecule has 0 unspecified atom stereocenters. The fourth-order valence-corrected chi connectivity index (χ4v) is 2.60. The number of hydrogen-bond donors (Lipinski definition) is 3. The number of anilines is 1. The van der Waals surface area contributed by atoms with Crippen LogP contribution in [0, 0.1) is 16.0 Å². The van der Waals surface area contributed by atoms with E-state index in [-0.39, 0.29) is 12.3 Å². The van der Waals surface area contributed by atoms with Crippen LogP contribution in [0.5, 0.6) is 0 Å². The monoisotopic (exact) mass is 454 g/mol. The zero-order valence-electron chi connectivity index (χ0n) is 17.1. The van der Waals surface area contributed by atoms with Crippen LogP contribution in [0.2, 0.25) is 0 Å². The van der Waals surface area contributed by atoms with Crippen molar-refractivity contribution in [2.24, 2.45) is 5.92 Å². The number of hydrogen-bond acceptors (Lipinski definition) is 6. The van der Waals surface area contributed by atoms with Crippen LogP contribution in [0.15, 0.2) is 48.5 Å². The number of hydrazine groups is 1. The molecule has 0 aromatic heterocycles. The Morgan fingerprint density at radius 3 is 2.34 bits per heavy atom. The number of ether oxygens (including phenoxy) is 1. The maximum atomic E-state index is 12.8. The minimum Gasteiger partial charge on any atom is -0.445 e. The molecule has 0 aliphatic heterocycles. The number of rotatable bonds is 8. The summed E-state index contributed by atoms with van der Waals surface area (Å²) < 4.78 is 43.5.